The third-order valence-corrected chi connectivity index (χ3v) is 3.75. The fraction of sp³-hybridized carbons (Fsp3) is 0.294. The van der Waals surface area contributed by atoms with Crippen molar-refractivity contribution in [2.45, 2.75) is 26.4 Å². The van der Waals surface area contributed by atoms with Crippen LogP contribution in [0.1, 0.15) is 16.7 Å². The second-order valence-electron chi connectivity index (χ2n) is 5.23. The van der Waals surface area contributed by atoms with Gasteiger partial charge in [0.05, 0.1) is 6.54 Å². The Morgan fingerprint density at radius 3 is 2.74 bits per heavy atom. The highest BCUT2D eigenvalue weighted by atomic mass is 16.5. The van der Waals surface area contributed by atoms with E-state index in [0.717, 1.165) is 18.7 Å². The van der Waals surface area contributed by atoms with Crippen molar-refractivity contribution in [2.75, 3.05) is 11.9 Å². The number of nitrogens with one attached hydrogen (secondary N) is 1. The molecule has 0 spiro atoms. The molecule has 98 valence electrons. The van der Waals surface area contributed by atoms with Crippen LogP contribution in [-0.4, -0.2) is 12.6 Å². The van der Waals surface area contributed by atoms with E-state index in [4.69, 9.17) is 4.74 Å². The van der Waals surface area contributed by atoms with Crippen molar-refractivity contribution in [2.24, 2.45) is 0 Å². The van der Waals surface area contributed by atoms with Gasteiger partial charge in [-0.05, 0) is 48.7 Å². The fourth-order valence-corrected chi connectivity index (χ4v) is 2.45. The maximum absolute atomic E-state index is 5.92. The average molecular weight is 253 g/mol. The summed E-state index contributed by atoms with van der Waals surface area (Å²) in [5.41, 5.74) is 5.13. The average Bonchev–Trinajstić information content (AvgIpc) is 2.83. The second-order valence-corrected chi connectivity index (χ2v) is 5.23. The van der Waals surface area contributed by atoms with Crippen molar-refractivity contribution in [3.8, 4) is 5.75 Å². The van der Waals surface area contributed by atoms with Gasteiger partial charge in [0.25, 0.3) is 0 Å². The number of ether oxygens (including phenoxy) is 1. The standard InChI is InChI=1S/C17H19NO/c1-12-7-8-15(9-13(12)2)18-11-16-10-14-5-3-4-6-17(14)19-16/h3-9,16,18H,10-11H2,1-2H3. The Bertz CT molecular complexity index is 567. The van der Waals surface area contributed by atoms with Gasteiger partial charge in [-0.3, -0.25) is 0 Å². The summed E-state index contributed by atoms with van der Waals surface area (Å²) >= 11 is 0. The number of hydrogen-bond acceptors (Lipinski definition) is 2. The van der Waals surface area contributed by atoms with Crippen molar-refractivity contribution in [1.82, 2.24) is 0 Å². The Hall–Kier alpha value is -1.96. The summed E-state index contributed by atoms with van der Waals surface area (Å²) in [6.07, 6.45) is 1.23. The minimum Gasteiger partial charge on any atom is -0.488 e. The molecule has 1 N–H and O–H groups in total. The van der Waals surface area contributed by atoms with Gasteiger partial charge in [0.1, 0.15) is 11.9 Å². The highest BCUT2D eigenvalue weighted by Crippen LogP contribution is 2.28. The van der Waals surface area contributed by atoms with Crippen LogP contribution in [0.15, 0.2) is 42.5 Å². The molecule has 2 heteroatoms. The molecule has 2 aromatic carbocycles. The maximum Gasteiger partial charge on any atom is 0.123 e. The van der Waals surface area contributed by atoms with Crippen LogP contribution in [0.25, 0.3) is 0 Å². The Balaban J connectivity index is 1.61. The van der Waals surface area contributed by atoms with Crippen LogP contribution in [0.3, 0.4) is 0 Å². The lowest BCUT2D eigenvalue weighted by Crippen LogP contribution is -2.23. The molecular weight excluding hydrogens is 234 g/mol. The molecule has 1 aliphatic rings. The smallest absolute Gasteiger partial charge is 0.123 e. The molecule has 0 saturated heterocycles. The Morgan fingerprint density at radius 2 is 1.95 bits per heavy atom. The van der Waals surface area contributed by atoms with Crippen LogP contribution in [0.4, 0.5) is 5.69 Å². The normalized spacial score (nSPS) is 16.8. The molecule has 3 rings (SSSR count). The number of hydrogen-bond donors (Lipinski definition) is 1. The number of benzene rings is 2. The van der Waals surface area contributed by atoms with Crippen LogP contribution in [0.2, 0.25) is 0 Å². The summed E-state index contributed by atoms with van der Waals surface area (Å²) in [6.45, 7) is 5.12. The van der Waals surface area contributed by atoms with Crippen molar-refractivity contribution in [3.05, 3.63) is 59.2 Å². The molecule has 1 aliphatic heterocycles. The van der Waals surface area contributed by atoms with Crippen LogP contribution >= 0.6 is 0 Å². The summed E-state index contributed by atoms with van der Waals surface area (Å²) < 4.78 is 5.92. The summed E-state index contributed by atoms with van der Waals surface area (Å²) in [6, 6.07) is 14.8. The van der Waals surface area contributed by atoms with E-state index < -0.39 is 0 Å². The number of rotatable bonds is 3. The summed E-state index contributed by atoms with van der Waals surface area (Å²) in [5, 5.41) is 3.46. The van der Waals surface area contributed by atoms with Crippen molar-refractivity contribution >= 4 is 5.69 Å². The Kier molecular flexibility index (Phi) is 3.16. The molecule has 1 unspecified atom stereocenters. The number of fused-ring (bicyclic) bond motifs is 1. The molecule has 0 amide bonds. The van der Waals surface area contributed by atoms with Gasteiger partial charge in [0.15, 0.2) is 0 Å². The largest absolute Gasteiger partial charge is 0.488 e. The first-order chi connectivity index (χ1) is 9.22. The van der Waals surface area contributed by atoms with E-state index in [0.29, 0.717) is 0 Å². The lowest BCUT2D eigenvalue weighted by atomic mass is 10.1. The molecule has 0 radical (unpaired) electrons. The Labute approximate surface area is 114 Å². The molecule has 2 nitrogen and oxygen atoms in total. The van der Waals surface area contributed by atoms with E-state index in [1.165, 1.54) is 22.4 Å². The minimum absolute atomic E-state index is 0.235. The Morgan fingerprint density at radius 1 is 1.11 bits per heavy atom. The first kappa shape index (κ1) is 12.1. The third-order valence-electron chi connectivity index (χ3n) is 3.75. The topological polar surface area (TPSA) is 21.3 Å². The number of para-hydroxylation sites is 1. The van der Waals surface area contributed by atoms with Crippen molar-refractivity contribution in [1.29, 1.82) is 0 Å². The van der Waals surface area contributed by atoms with Crippen molar-refractivity contribution < 1.29 is 4.74 Å². The molecule has 19 heavy (non-hydrogen) atoms. The molecule has 1 heterocycles. The van der Waals surface area contributed by atoms with Gasteiger partial charge in [0.2, 0.25) is 0 Å². The van der Waals surface area contributed by atoms with E-state index in [1.807, 2.05) is 12.1 Å². The van der Waals surface area contributed by atoms with Crippen LogP contribution in [0, 0.1) is 13.8 Å². The maximum atomic E-state index is 5.92. The summed E-state index contributed by atoms with van der Waals surface area (Å²) in [4.78, 5) is 0. The molecule has 0 saturated carbocycles. The van der Waals surface area contributed by atoms with Gasteiger partial charge in [-0.2, -0.15) is 0 Å². The zero-order valence-corrected chi connectivity index (χ0v) is 11.4. The summed E-state index contributed by atoms with van der Waals surface area (Å²) in [5.74, 6) is 1.04. The van der Waals surface area contributed by atoms with Crippen LogP contribution < -0.4 is 10.1 Å². The van der Waals surface area contributed by atoms with E-state index >= 15 is 0 Å². The quantitative estimate of drug-likeness (QED) is 0.900. The zero-order chi connectivity index (χ0) is 13.2. The van der Waals surface area contributed by atoms with E-state index in [1.54, 1.807) is 0 Å². The van der Waals surface area contributed by atoms with Gasteiger partial charge in [-0.15, -0.1) is 0 Å². The van der Waals surface area contributed by atoms with Gasteiger partial charge in [0, 0.05) is 12.1 Å². The van der Waals surface area contributed by atoms with Crippen molar-refractivity contribution in [3.63, 3.8) is 0 Å². The molecule has 1 atom stereocenters. The molecule has 0 fully saturated rings. The highest BCUT2D eigenvalue weighted by Gasteiger charge is 2.21. The molecule has 2 aromatic rings. The highest BCUT2D eigenvalue weighted by molar-refractivity contribution is 5.48. The first-order valence-corrected chi connectivity index (χ1v) is 6.78. The van der Waals surface area contributed by atoms with Gasteiger partial charge >= 0.3 is 0 Å². The minimum atomic E-state index is 0.235. The summed E-state index contributed by atoms with van der Waals surface area (Å²) in [7, 11) is 0. The lowest BCUT2D eigenvalue weighted by Gasteiger charge is -2.13. The lowest BCUT2D eigenvalue weighted by molar-refractivity contribution is 0.246. The van der Waals surface area contributed by atoms with Gasteiger partial charge in [-0.1, -0.05) is 24.3 Å². The van der Waals surface area contributed by atoms with Crippen LogP contribution in [0.5, 0.6) is 5.75 Å². The number of anilines is 1. The molecular formula is C17H19NO. The second kappa shape index (κ2) is 4.96. The first-order valence-electron chi connectivity index (χ1n) is 6.78. The molecule has 0 aliphatic carbocycles. The fourth-order valence-electron chi connectivity index (χ4n) is 2.45. The third kappa shape index (κ3) is 2.58. The predicted octanol–water partition coefficient (Wildman–Crippen LogP) is 3.72. The van der Waals surface area contributed by atoms with Gasteiger partial charge in [-0.25, -0.2) is 0 Å². The van der Waals surface area contributed by atoms with Crippen LogP contribution in [-0.2, 0) is 6.42 Å². The zero-order valence-electron chi connectivity index (χ0n) is 11.4. The predicted molar refractivity (Wildman–Crippen MR) is 79.0 cm³/mol. The van der Waals surface area contributed by atoms with E-state index in [2.05, 4.69) is 49.5 Å². The SMILES string of the molecule is Cc1ccc(NCC2Cc3ccccc3O2)cc1C. The van der Waals surface area contributed by atoms with E-state index in [9.17, 15) is 0 Å². The monoisotopic (exact) mass is 253 g/mol. The number of aryl methyl sites for hydroxylation is 2. The molecule has 0 bridgehead atoms. The van der Waals surface area contributed by atoms with Gasteiger partial charge < -0.3 is 10.1 Å². The van der Waals surface area contributed by atoms with E-state index in [-0.39, 0.29) is 6.10 Å². The molecule has 0 aromatic heterocycles.